The Balaban J connectivity index is 1.44. The Hall–Kier alpha value is -0.900. The van der Waals surface area contributed by atoms with E-state index in [0.717, 1.165) is 12.3 Å². The maximum absolute atomic E-state index is 5.30. The number of nitrogens with one attached hydrogen (secondary N) is 2. The van der Waals surface area contributed by atoms with Crippen molar-refractivity contribution in [1.82, 2.24) is 10.7 Å². The van der Waals surface area contributed by atoms with Gasteiger partial charge in [0.2, 0.25) is 0 Å². The fraction of sp³-hybridized carbons (Fsp3) is 0.714. The number of hydrazone groups is 1. The summed E-state index contributed by atoms with van der Waals surface area (Å²) in [6, 6.07) is 0.555. The van der Waals surface area contributed by atoms with Crippen molar-refractivity contribution in [3.63, 3.8) is 0 Å². The first-order valence-electron chi connectivity index (χ1n) is 7.12. The molecule has 3 aliphatic carbocycles. The fourth-order valence-electron chi connectivity index (χ4n) is 3.25. The topological polar surface area (TPSA) is 36.4 Å². The largest absolute Gasteiger partial charge is 0.359 e. The van der Waals surface area contributed by atoms with E-state index in [1.807, 2.05) is 0 Å². The van der Waals surface area contributed by atoms with E-state index in [0.29, 0.717) is 17.1 Å². The predicted molar refractivity (Wildman–Crippen MR) is 78.5 cm³/mol. The summed E-state index contributed by atoms with van der Waals surface area (Å²) in [5.41, 5.74) is 4.28. The molecule has 0 aromatic heterocycles. The van der Waals surface area contributed by atoms with Gasteiger partial charge >= 0.3 is 0 Å². The molecule has 98 valence electrons. The summed E-state index contributed by atoms with van der Waals surface area (Å²) in [4.78, 5) is 0. The number of nitrogens with zero attached hydrogens (tertiary/aromatic N) is 1. The molecule has 2 unspecified atom stereocenters. The molecule has 18 heavy (non-hydrogen) atoms. The van der Waals surface area contributed by atoms with E-state index in [1.165, 1.54) is 44.2 Å². The molecule has 0 aromatic rings. The third-order valence-electron chi connectivity index (χ3n) is 4.39. The Morgan fingerprint density at radius 1 is 1.28 bits per heavy atom. The summed E-state index contributed by atoms with van der Waals surface area (Å²) < 4.78 is 0. The number of fused-ring (bicyclic) bond motifs is 1. The van der Waals surface area contributed by atoms with Gasteiger partial charge in [-0.3, -0.25) is 5.43 Å². The van der Waals surface area contributed by atoms with Gasteiger partial charge in [0.15, 0.2) is 5.11 Å². The van der Waals surface area contributed by atoms with Gasteiger partial charge in [-0.2, -0.15) is 5.10 Å². The second-order valence-corrected chi connectivity index (χ2v) is 6.09. The first kappa shape index (κ1) is 12.2. The minimum atomic E-state index is 0.555. The molecule has 0 radical (unpaired) electrons. The maximum atomic E-state index is 5.30. The van der Waals surface area contributed by atoms with Crippen LogP contribution in [0.25, 0.3) is 0 Å². The number of thiocarbonyl (C=S) groups is 1. The second kappa shape index (κ2) is 5.39. The third kappa shape index (κ3) is 2.58. The molecular formula is C14H21N3S. The lowest BCUT2D eigenvalue weighted by molar-refractivity contribution is 0.411. The quantitative estimate of drug-likeness (QED) is 0.457. The highest BCUT2D eigenvalue weighted by Crippen LogP contribution is 2.40. The van der Waals surface area contributed by atoms with E-state index < -0.39 is 0 Å². The average Bonchev–Trinajstić information content (AvgIpc) is 2.72. The standard InChI is InChI=1S/C14H21N3S/c18-14(15-11-6-2-1-3-7-11)17-16-13-9-10-5-4-8-12(10)13/h4,8,10-12H,1-3,5-7,9H2,(H2,15,17,18)/b16-13-. The van der Waals surface area contributed by atoms with Gasteiger partial charge in [-0.15, -0.1) is 0 Å². The van der Waals surface area contributed by atoms with Crippen molar-refractivity contribution in [2.75, 3.05) is 0 Å². The van der Waals surface area contributed by atoms with Gasteiger partial charge in [-0.1, -0.05) is 31.4 Å². The molecule has 2 saturated carbocycles. The minimum absolute atomic E-state index is 0.555. The van der Waals surface area contributed by atoms with Crippen LogP contribution in [0.15, 0.2) is 17.3 Å². The van der Waals surface area contributed by atoms with Gasteiger partial charge in [-0.25, -0.2) is 0 Å². The Kier molecular flexibility index (Phi) is 3.64. The van der Waals surface area contributed by atoms with E-state index >= 15 is 0 Å². The maximum Gasteiger partial charge on any atom is 0.187 e. The molecule has 3 nitrogen and oxygen atoms in total. The SMILES string of the molecule is S=C(N/N=C1/CC2CC=CC12)NC1CCCCC1. The molecule has 2 N–H and O–H groups in total. The summed E-state index contributed by atoms with van der Waals surface area (Å²) >= 11 is 5.30. The number of allylic oxidation sites excluding steroid dienone is 2. The van der Waals surface area contributed by atoms with Crippen molar-refractivity contribution in [1.29, 1.82) is 0 Å². The van der Waals surface area contributed by atoms with Gasteiger partial charge < -0.3 is 5.32 Å². The Morgan fingerprint density at radius 3 is 2.89 bits per heavy atom. The second-order valence-electron chi connectivity index (χ2n) is 5.68. The van der Waals surface area contributed by atoms with Crippen LogP contribution >= 0.6 is 12.2 Å². The predicted octanol–water partition coefficient (Wildman–Crippen LogP) is 2.74. The molecule has 4 heteroatoms. The monoisotopic (exact) mass is 263 g/mol. The van der Waals surface area contributed by atoms with E-state index in [-0.39, 0.29) is 0 Å². The van der Waals surface area contributed by atoms with Gasteiger partial charge in [0.25, 0.3) is 0 Å². The van der Waals surface area contributed by atoms with Crippen molar-refractivity contribution in [2.24, 2.45) is 16.9 Å². The molecule has 0 aliphatic heterocycles. The molecule has 0 amide bonds. The minimum Gasteiger partial charge on any atom is -0.359 e. The van der Waals surface area contributed by atoms with Gasteiger partial charge in [-0.05, 0) is 43.8 Å². The fourth-order valence-corrected chi connectivity index (χ4v) is 3.46. The van der Waals surface area contributed by atoms with Gasteiger partial charge in [0, 0.05) is 17.7 Å². The molecule has 0 heterocycles. The van der Waals surface area contributed by atoms with Crippen molar-refractivity contribution >= 4 is 23.0 Å². The molecule has 0 spiro atoms. The smallest absolute Gasteiger partial charge is 0.187 e. The summed E-state index contributed by atoms with van der Waals surface area (Å²) in [5, 5.41) is 8.52. The normalized spacial score (nSPS) is 33.0. The van der Waals surface area contributed by atoms with Crippen LogP contribution in [0.1, 0.15) is 44.9 Å². The van der Waals surface area contributed by atoms with Crippen LogP contribution in [0.4, 0.5) is 0 Å². The van der Waals surface area contributed by atoms with E-state index in [4.69, 9.17) is 12.2 Å². The van der Waals surface area contributed by atoms with E-state index in [9.17, 15) is 0 Å². The van der Waals surface area contributed by atoms with Crippen molar-refractivity contribution in [2.45, 2.75) is 51.0 Å². The molecule has 0 aromatic carbocycles. The lowest BCUT2D eigenvalue weighted by Gasteiger charge is -2.32. The van der Waals surface area contributed by atoms with Crippen LogP contribution in [0.5, 0.6) is 0 Å². The number of hydrogen-bond donors (Lipinski definition) is 2. The van der Waals surface area contributed by atoms with Crippen molar-refractivity contribution < 1.29 is 0 Å². The summed E-state index contributed by atoms with van der Waals surface area (Å²) in [5.74, 6) is 1.42. The molecule has 3 aliphatic rings. The Bertz CT molecular complexity index is 383. The molecule has 0 saturated heterocycles. The highest BCUT2D eigenvalue weighted by atomic mass is 32.1. The first-order chi connectivity index (χ1) is 8.83. The van der Waals surface area contributed by atoms with Crippen molar-refractivity contribution in [3.8, 4) is 0 Å². The number of hydrogen-bond acceptors (Lipinski definition) is 2. The number of rotatable bonds is 2. The third-order valence-corrected chi connectivity index (χ3v) is 4.60. The highest BCUT2D eigenvalue weighted by Gasteiger charge is 2.37. The van der Waals surface area contributed by atoms with Crippen molar-refractivity contribution in [3.05, 3.63) is 12.2 Å². The van der Waals surface area contributed by atoms with E-state index in [2.05, 4.69) is 28.0 Å². The summed E-state index contributed by atoms with van der Waals surface area (Å²) in [7, 11) is 0. The Labute approximate surface area is 114 Å². The van der Waals surface area contributed by atoms with Crippen LogP contribution in [-0.4, -0.2) is 16.9 Å². The molecule has 0 bridgehead atoms. The zero-order chi connectivity index (χ0) is 12.4. The molecule has 3 rings (SSSR count). The highest BCUT2D eigenvalue weighted by molar-refractivity contribution is 7.80. The first-order valence-corrected chi connectivity index (χ1v) is 7.53. The van der Waals surface area contributed by atoms with Crippen LogP contribution in [-0.2, 0) is 0 Å². The van der Waals surface area contributed by atoms with Crippen LogP contribution < -0.4 is 10.7 Å². The molecule has 2 fully saturated rings. The lowest BCUT2D eigenvalue weighted by atomic mass is 9.74. The molecule has 2 atom stereocenters. The summed E-state index contributed by atoms with van der Waals surface area (Å²) in [6.07, 6.45) is 13.4. The van der Waals surface area contributed by atoms with Crippen LogP contribution in [0.2, 0.25) is 0 Å². The van der Waals surface area contributed by atoms with Crippen LogP contribution in [0.3, 0.4) is 0 Å². The average molecular weight is 263 g/mol. The van der Waals surface area contributed by atoms with E-state index in [1.54, 1.807) is 0 Å². The van der Waals surface area contributed by atoms with Gasteiger partial charge in [0.1, 0.15) is 0 Å². The summed E-state index contributed by atoms with van der Waals surface area (Å²) in [6.45, 7) is 0. The Morgan fingerprint density at radius 2 is 2.11 bits per heavy atom. The zero-order valence-corrected chi connectivity index (χ0v) is 11.5. The van der Waals surface area contributed by atoms with Gasteiger partial charge in [0.05, 0.1) is 0 Å². The zero-order valence-electron chi connectivity index (χ0n) is 10.7. The molecular weight excluding hydrogens is 242 g/mol. The van der Waals surface area contributed by atoms with Crippen LogP contribution in [0, 0.1) is 11.8 Å². The lowest BCUT2D eigenvalue weighted by Crippen LogP contribution is -2.42.